The fraction of sp³-hybridized carbons (Fsp3) is 0.120. The van der Waals surface area contributed by atoms with Gasteiger partial charge in [0, 0.05) is 50.5 Å². The molecule has 0 unspecified atom stereocenters. The lowest BCUT2D eigenvalue weighted by molar-refractivity contribution is -0.111. The average Bonchev–Trinajstić information content (AvgIpc) is 3.25. The summed E-state index contributed by atoms with van der Waals surface area (Å²) < 4.78 is 16.4. The molecule has 178 valence electrons. The maximum atomic E-state index is 14.7. The van der Waals surface area contributed by atoms with E-state index in [-0.39, 0.29) is 5.69 Å². The van der Waals surface area contributed by atoms with E-state index in [1.165, 1.54) is 18.2 Å². The normalized spacial score (nSPS) is 10.5. The van der Waals surface area contributed by atoms with Gasteiger partial charge in [-0.1, -0.05) is 18.7 Å². The van der Waals surface area contributed by atoms with Crippen LogP contribution in [0.5, 0.6) is 0 Å². The van der Waals surface area contributed by atoms with Crippen LogP contribution in [0.2, 0.25) is 0 Å². The molecule has 0 aliphatic rings. The molecule has 0 saturated heterocycles. The lowest BCUT2D eigenvalue weighted by atomic mass is 10.1. The molecule has 4 aromatic rings. The van der Waals surface area contributed by atoms with E-state index in [9.17, 15) is 9.18 Å². The molecular weight excluding hydrogens is 447 g/mol. The molecule has 1 amide bonds. The van der Waals surface area contributed by atoms with E-state index in [2.05, 4.69) is 37.6 Å². The Balaban J connectivity index is 1.73. The number of carbonyl (C=O) groups excluding carboxylic acids is 1. The third-order valence-electron chi connectivity index (χ3n) is 5.12. The number of benzene rings is 2. The summed E-state index contributed by atoms with van der Waals surface area (Å²) in [6, 6.07) is 12.1. The predicted molar refractivity (Wildman–Crippen MR) is 137 cm³/mol. The number of anilines is 6. The Kier molecular flexibility index (Phi) is 6.72. The largest absolute Gasteiger partial charge is 0.378 e. The number of amides is 1. The first-order valence-electron chi connectivity index (χ1n) is 10.7. The maximum absolute atomic E-state index is 14.7. The minimum atomic E-state index is -0.504. The summed E-state index contributed by atoms with van der Waals surface area (Å²) in [6.45, 7) is 3.44. The molecule has 10 heteroatoms. The second-order valence-corrected chi connectivity index (χ2v) is 7.94. The topological polar surface area (TPSA) is 100 Å². The van der Waals surface area contributed by atoms with Gasteiger partial charge in [0.05, 0.1) is 17.6 Å². The summed E-state index contributed by atoms with van der Waals surface area (Å²) >= 11 is 0. The zero-order valence-corrected chi connectivity index (χ0v) is 19.6. The molecule has 4 rings (SSSR count). The van der Waals surface area contributed by atoms with E-state index >= 15 is 0 Å². The van der Waals surface area contributed by atoms with Crippen LogP contribution in [0.1, 0.15) is 0 Å². The second kappa shape index (κ2) is 10.0. The van der Waals surface area contributed by atoms with Crippen molar-refractivity contribution in [2.45, 2.75) is 0 Å². The Labute approximate surface area is 202 Å². The Morgan fingerprint density at radius 1 is 1.09 bits per heavy atom. The van der Waals surface area contributed by atoms with Crippen molar-refractivity contribution in [1.29, 1.82) is 0 Å². The lowest BCUT2D eigenvalue weighted by Gasteiger charge is -2.16. The van der Waals surface area contributed by atoms with Crippen molar-refractivity contribution in [2.75, 3.05) is 34.9 Å². The molecular formula is C25H25FN8O. The number of carbonyl (C=O) groups is 1. The molecule has 0 spiro atoms. The average molecular weight is 473 g/mol. The van der Waals surface area contributed by atoms with Gasteiger partial charge < -0.3 is 20.9 Å². The predicted octanol–water partition coefficient (Wildman–Crippen LogP) is 4.69. The van der Waals surface area contributed by atoms with Crippen LogP contribution in [0.25, 0.3) is 11.1 Å². The third kappa shape index (κ3) is 5.61. The smallest absolute Gasteiger partial charge is 0.247 e. The van der Waals surface area contributed by atoms with Crippen molar-refractivity contribution < 1.29 is 9.18 Å². The van der Waals surface area contributed by atoms with Gasteiger partial charge in [0.1, 0.15) is 11.6 Å². The first-order valence-corrected chi connectivity index (χ1v) is 10.7. The van der Waals surface area contributed by atoms with Crippen LogP contribution in [0.3, 0.4) is 0 Å². The number of hydrogen-bond acceptors (Lipinski definition) is 7. The molecule has 0 saturated carbocycles. The molecule has 0 aliphatic heterocycles. The van der Waals surface area contributed by atoms with Crippen molar-refractivity contribution in [3.8, 4) is 11.1 Å². The van der Waals surface area contributed by atoms with E-state index in [4.69, 9.17) is 0 Å². The number of nitrogens with one attached hydrogen (secondary N) is 3. The highest BCUT2D eigenvalue weighted by Gasteiger charge is 2.14. The highest BCUT2D eigenvalue weighted by Crippen LogP contribution is 2.32. The zero-order chi connectivity index (χ0) is 24.9. The van der Waals surface area contributed by atoms with E-state index in [0.717, 1.165) is 17.3 Å². The van der Waals surface area contributed by atoms with E-state index in [0.29, 0.717) is 28.7 Å². The fourth-order valence-electron chi connectivity index (χ4n) is 3.32. The molecule has 0 aliphatic carbocycles. The van der Waals surface area contributed by atoms with Crippen molar-refractivity contribution in [1.82, 2.24) is 19.7 Å². The molecule has 0 atom stereocenters. The van der Waals surface area contributed by atoms with Crippen LogP contribution in [0.4, 0.5) is 38.9 Å². The molecule has 9 nitrogen and oxygen atoms in total. The van der Waals surface area contributed by atoms with Crippen molar-refractivity contribution in [3.05, 3.63) is 79.5 Å². The highest BCUT2D eigenvalue weighted by molar-refractivity contribution is 5.99. The van der Waals surface area contributed by atoms with Crippen LogP contribution >= 0.6 is 0 Å². The van der Waals surface area contributed by atoms with E-state index < -0.39 is 11.7 Å². The van der Waals surface area contributed by atoms with Crippen LogP contribution < -0.4 is 20.9 Å². The summed E-state index contributed by atoms with van der Waals surface area (Å²) in [5.74, 6) is -0.203. The summed E-state index contributed by atoms with van der Waals surface area (Å²) in [7, 11) is 5.73. The first kappa shape index (κ1) is 23.4. The Morgan fingerprint density at radius 3 is 2.51 bits per heavy atom. The van der Waals surface area contributed by atoms with Gasteiger partial charge in [-0.25, -0.2) is 9.37 Å². The Bertz CT molecular complexity index is 1360. The van der Waals surface area contributed by atoms with Gasteiger partial charge in [-0.15, -0.1) is 0 Å². The van der Waals surface area contributed by atoms with Gasteiger partial charge in [0.25, 0.3) is 0 Å². The zero-order valence-electron chi connectivity index (χ0n) is 19.6. The van der Waals surface area contributed by atoms with Crippen LogP contribution in [0.15, 0.2) is 73.7 Å². The summed E-state index contributed by atoms with van der Waals surface area (Å²) in [6.07, 6.45) is 6.25. The summed E-state index contributed by atoms with van der Waals surface area (Å²) in [5.41, 5.74) is 3.83. The molecule has 2 aromatic heterocycles. The number of rotatable bonds is 8. The molecule has 35 heavy (non-hydrogen) atoms. The van der Waals surface area contributed by atoms with Gasteiger partial charge in [0.2, 0.25) is 11.9 Å². The Hall–Kier alpha value is -4.73. The number of halogens is 1. The Morgan fingerprint density at radius 2 is 1.86 bits per heavy atom. The number of hydrogen-bond donors (Lipinski definition) is 3. The summed E-state index contributed by atoms with van der Waals surface area (Å²) in [5, 5.41) is 12.9. The minimum Gasteiger partial charge on any atom is -0.378 e. The first-order chi connectivity index (χ1) is 16.8. The van der Waals surface area contributed by atoms with E-state index in [1.807, 2.05) is 43.3 Å². The van der Waals surface area contributed by atoms with Crippen molar-refractivity contribution in [2.24, 2.45) is 7.05 Å². The molecule has 2 aromatic carbocycles. The van der Waals surface area contributed by atoms with Crippen molar-refractivity contribution in [3.63, 3.8) is 0 Å². The molecule has 3 N–H and O–H groups in total. The van der Waals surface area contributed by atoms with E-state index in [1.54, 1.807) is 30.3 Å². The van der Waals surface area contributed by atoms with Gasteiger partial charge in [-0.2, -0.15) is 10.1 Å². The van der Waals surface area contributed by atoms with Crippen LogP contribution in [-0.2, 0) is 11.8 Å². The molecule has 2 heterocycles. The highest BCUT2D eigenvalue weighted by atomic mass is 19.1. The van der Waals surface area contributed by atoms with Crippen LogP contribution in [0, 0.1) is 5.82 Å². The monoisotopic (exact) mass is 472 g/mol. The lowest BCUT2D eigenvalue weighted by Crippen LogP contribution is -2.09. The fourth-order valence-corrected chi connectivity index (χ4v) is 3.32. The van der Waals surface area contributed by atoms with Gasteiger partial charge in [-0.3, -0.25) is 9.48 Å². The van der Waals surface area contributed by atoms with Gasteiger partial charge >= 0.3 is 0 Å². The van der Waals surface area contributed by atoms with Crippen molar-refractivity contribution >= 4 is 40.4 Å². The number of nitrogens with zero attached hydrogens (tertiary/aromatic N) is 5. The molecule has 0 bridgehead atoms. The summed E-state index contributed by atoms with van der Waals surface area (Å²) in [4.78, 5) is 22.7. The number of aromatic nitrogens is 4. The maximum Gasteiger partial charge on any atom is 0.247 e. The van der Waals surface area contributed by atoms with Gasteiger partial charge in [-0.05, 0) is 42.0 Å². The molecule has 0 fully saturated rings. The second-order valence-electron chi connectivity index (χ2n) is 7.94. The third-order valence-corrected chi connectivity index (χ3v) is 5.12. The molecule has 0 radical (unpaired) electrons. The van der Waals surface area contributed by atoms with Crippen LogP contribution in [-0.4, -0.2) is 39.8 Å². The quantitative estimate of drug-likeness (QED) is 0.320. The van der Waals surface area contributed by atoms with Gasteiger partial charge in [0.15, 0.2) is 0 Å². The standard InChI is InChI=1S/C25H25FN8O/c1-5-23(35)29-17-8-11-21(26)22(12-17)31-24-20(16-6-9-19(10-7-16)33(2)3)14-27-25(32-24)30-18-13-28-34(4)15-18/h5-15H,1H2,2-4H3,(H,29,35)(H2,27,30,31,32). The SMILES string of the molecule is C=CC(=O)Nc1ccc(F)c(Nc2nc(Nc3cnn(C)c3)ncc2-c2ccc(N(C)C)cc2)c1. The number of aryl methyl sites for hydroxylation is 1. The minimum absolute atomic E-state index is 0.143.